The van der Waals surface area contributed by atoms with Crippen LogP contribution in [0.15, 0.2) is 18.5 Å². The first-order chi connectivity index (χ1) is 13.4. The molecule has 0 aromatic carbocycles. The summed E-state index contributed by atoms with van der Waals surface area (Å²) >= 11 is 0. The maximum atomic E-state index is 12.1. The highest BCUT2D eigenvalue weighted by molar-refractivity contribution is 7.47. The van der Waals surface area contributed by atoms with Crippen LogP contribution in [0.4, 0.5) is 5.82 Å². The third-order valence-corrected chi connectivity index (χ3v) is 5.61. The molecule has 2 aromatic rings. The Morgan fingerprint density at radius 1 is 1.48 bits per heavy atom. The third-order valence-electron chi connectivity index (χ3n) is 4.68. The van der Waals surface area contributed by atoms with E-state index in [0.29, 0.717) is 23.4 Å². The number of phosphoric acid groups is 1. The number of anilines is 1. The van der Waals surface area contributed by atoms with Gasteiger partial charge in [-0.1, -0.05) is 20.8 Å². The quantitative estimate of drug-likeness (QED) is 0.670. The summed E-state index contributed by atoms with van der Waals surface area (Å²) in [6.45, 7) is 7.32. The fourth-order valence-electron chi connectivity index (χ4n) is 3.23. The Bertz CT molecular complexity index is 981. The van der Waals surface area contributed by atoms with Crippen LogP contribution in [0, 0.1) is 22.2 Å². The molecule has 4 atom stereocenters. The predicted octanol–water partition coefficient (Wildman–Crippen LogP) is 2.85. The zero-order valence-corrected chi connectivity index (χ0v) is 17.8. The highest BCUT2D eigenvalue weighted by atomic mass is 31.2. The lowest BCUT2D eigenvalue weighted by molar-refractivity contribution is -0.00779. The minimum Gasteiger partial charge on any atom is -0.382 e. The molecular weight excluding hydrogens is 397 g/mol. The SMILES string of the molecule is CC(C)(C)COP(=O)(O)OC[C@@H]1C[C@@](C)(C#N)[C@H](c2ccc3c(N)ncnn23)O1. The molecule has 1 saturated heterocycles. The van der Waals surface area contributed by atoms with Crippen LogP contribution < -0.4 is 5.73 Å². The van der Waals surface area contributed by atoms with Crippen molar-refractivity contribution in [2.75, 3.05) is 18.9 Å². The van der Waals surface area contributed by atoms with E-state index in [4.69, 9.17) is 19.5 Å². The van der Waals surface area contributed by atoms with Gasteiger partial charge in [-0.25, -0.2) is 14.1 Å². The summed E-state index contributed by atoms with van der Waals surface area (Å²) < 4.78 is 29.9. The van der Waals surface area contributed by atoms with Crippen LogP contribution in [-0.2, 0) is 18.3 Å². The fraction of sp³-hybridized carbons (Fsp3) is 0.611. The Morgan fingerprint density at radius 2 is 2.21 bits per heavy atom. The number of hydrogen-bond acceptors (Lipinski definition) is 8. The Morgan fingerprint density at radius 3 is 2.86 bits per heavy atom. The van der Waals surface area contributed by atoms with Crippen molar-refractivity contribution < 1.29 is 23.2 Å². The van der Waals surface area contributed by atoms with Gasteiger partial charge in [0.2, 0.25) is 0 Å². The summed E-state index contributed by atoms with van der Waals surface area (Å²) in [6, 6.07) is 5.85. The largest absolute Gasteiger partial charge is 0.472 e. The summed E-state index contributed by atoms with van der Waals surface area (Å²) in [5, 5.41) is 14.0. The first-order valence-electron chi connectivity index (χ1n) is 9.21. The number of aromatic nitrogens is 3. The number of nitrogens with two attached hydrogens (primary N) is 1. The van der Waals surface area contributed by atoms with E-state index in [1.807, 2.05) is 20.8 Å². The molecule has 3 rings (SSSR count). The molecule has 1 fully saturated rings. The van der Waals surface area contributed by atoms with E-state index < -0.39 is 25.4 Å². The Labute approximate surface area is 169 Å². The first-order valence-corrected chi connectivity index (χ1v) is 10.7. The van der Waals surface area contributed by atoms with Crippen molar-refractivity contribution in [1.82, 2.24) is 14.6 Å². The first kappa shape index (κ1) is 21.7. The molecule has 1 aliphatic heterocycles. The Hall–Kier alpha value is -2.02. The average molecular weight is 423 g/mol. The zero-order chi connectivity index (χ0) is 21.4. The predicted molar refractivity (Wildman–Crippen MR) is 105 cm³/mol. The fourth-order valence-corrected chi connectivity index (χ4v) is 4.21. The van der Waals surface area contributed by atoms with E-state index >= 15 is 0 Å². The normalized spacial score (nSPS) is 27.0. The number of nitriles is 1. The van der Waals surface area contributed by atoms with Crippen molar-refractivity contribution in [1.29, 1.82) is 5.26 Å². The highest BCUT2D eigenvalue weighted by Crippen LogP contribution is 2.50. The average Bonchev–Trinajstić information content (AvgIpc) is 3.20. The molecule has 3 N–H and O–H groups in total. The second kappa shape index (κ2) is 7.67. The van der Waals surface area contributed by atoms with E-state index in [1.165, 1.54) is 6.33 Å². The van der Waals surface area contributed by atoms with Crippen molar-refractivity contribution in [2.45, 2.75) is 46.3 Å². The molecule has 29 heavy (non-hydrogen) atoms. The van der Waals surface area contributed by atoms with E-state index in [0.717, 1.165) is 0 Å². The van der Waals surface area contributed by atoms with Gasteiger partial charge in [-0.05, 0) is 30.9 Å². The van der Waals surface area contributed by atoms with Crippen molar-refractivity contribution in [3.05, 3.63) is 24.2 Å². The summed E-state index contributed by atoms with van der Waals surface area (Å²) in [5.74, 6) is 0.319. The molecule has 1 aliphatic rings. The van der Waals surface area contributed by atoms with Gasteiger partial charge >= 0.3 is 7.82 Å². The highest BCUT2D eigenvalue weighted by Gasteiger charge is 2.48. The summed E-state index contributed by atoms with van der Waals surface area (Å²) in [4.78, 5) is 13.9. The smallest absolute Gasteiger partial charge is 0.382 e. The van der Waals surface area contributed by atoms with Crippen LogP contribution in [0.3, 0.4) is 0 Å². The molecule has 0 amide bonds. The van der Waals surface area contributed by atoms with Gasteiger partial charge in [-0.3, -0.25) is 9.05 Å². The molecule has 158 valence electrons. The van der Waals surface area contributed by atoms with Gasteiger partial charge in [0.15, 0.2) is 5.82 Å². The lowest BCUT2D eigenvalue weighted by Gasteiger charge is -2.22. The maximum Gasteiger partial charge on any atom is 0.472 e. The van der Waals surface area contributed by atoms with Crippen LogP contribution in [0.2, 0.25) is 0 Å². The summed E-state index contributed by atoms with van der Waals surface area (Å²) in [7, 11) is -4.22. The minimum absolute atomic E-state index is 0.0715. The van der Waals surface area contributed by atoms with Crippen LogP contribution >= 0.6 is 7.82 Å². The molecule has 3 heterocycles. The van der Waals surface area contributed by atoms with E-state index in [9.17, 15) is 14.7 Å². The second-order valence-corrected chi connectivity index (χ2v) is 10.1. The van der Waals surface area contributed by atoms with Crippen LogP contribution in [0.1, 0.15) is 45.9 Å². The maximum absolute atomic E-state index is 12.1. The molecular formula is C18H26N5O5P. The van der Waals surface area contributed by atoms with Crippen molar-refractivity contribution in [3.8, 4) is 6.07 Å². The van der Waals surface area contributed by atoms with E-state index in [1.54, 1.807) is 23.6 Å². The molecule has 10 nitrogen and oxygen atoms in total. The molecule has 0 saturated carbocycles. The number of phosphoric ester groups is 1. The van der Waals surface area contributed by atoms with Gasteiger partial charge in [0.25, 0.3) is 0 Å². The van der Waals surface area contributed by atoms with E-state index in [2.05, 4.69) is 16.2 Å². The third kappa shape index (κ3) is 4.77. The Balaban J connectivity index is 1.74. The van der Waals surface area contributed by atoms with Gasteiger partial charge in [0.05, 0.1) is 36.5 Å². The number of nitrogen functional groups attached to an aromatic ring is 1. The van der Waals surface area contributed by atoms with Crippen LogP contribution in [0.25, 0.3) is 5.52 Å². The van der Waals surface area contributed by atoms with Gasteiger partial charge < -0.3 is 15.4 Å². The van der Waals surface area contributed by atoms with Crippen molar-refractivity contribution in [2.24, 2.45) is 10.8 Å². The lowest BCUT2D eigenvalue weighted by atomic mass is 9.82. The molecule has 1 unspecified atom stereocenters. The molecule has 0 aliphatic carbocycles. The zero-order valence-electron chi connectivity index (χ0n) is 16.9. The summed E-state index contributed by atoms with van der Waals surface area (Å²) in [6.07, 6.45) is 0.473. The summed E-state index contributed by atoms with van der Waals surface area (Å²) in [5.41, 5.74) is 5.98. The monoisotopic (exact) mass is 423 g/mol. The van der Waals surface area contributed by atoms with Crippen molar-refractivity contribution in [3.63, 3.8) is 0 Å². The van der Waals surface area contributed by atoms with Gasteiger partial charge in [0.1, 0.15) is 17.9 Å². The number of rotatable bonds is 6. The second-order valence-electron chi connectivity index (χ2n) is 8.67. The van der Waals surface area contributed by atoms with E-state index in [-0.39, 0.29) is 18.6 Å². The number of fused-ring (bicyclic) bond motifs is 1. The van der Waals surface area contributed by atoms with Gasteiger partial charge in [-0.2, -0.15) is 10.4 Å². The topological polar surface area (TPSA) is 145 Å². The molecule has 0 bridgehead atoms. The van der Waals surface area contributed by atoms with Gasteiger partial charge in [0, 0.05) is 0 Å². The van der Waals surface area contributed by atoms with Crippen LogP contribution in [-0.4, -0.2) is 38.8 Å². The van der Waals surface area contributed by atoms with Crippen molar-refractivity contribution >= 4 is 19.2 Å². The number of ether oxygens (including phenoxy) is 1. The standard InChI is InChI=1S/C18H26N5O5P/c1-17(2,3)10-27-29(24,25)26-8-12-7-18(4,9-19)15(28-12)13-5-6-14-16(20)21-11-22-23(13)14/h5-6,11-12,15H,7-8,10H2,1-4H3,(H,24,25)(H2,20,21,22)/t12-,15-,18-/m0/s1. The van der Waals surface area contributed by atoms with Crippen LogP contribution in [0.5, 0.6) is 0 Å². The Kier molecular flexibility index (Phi) is 5.73. The number of hydrogen-bond donors (Lipinski definition) is 2. The molecule has 0 radical (unpaired) electrons. The van der Waals surface area contributed by atoms with Gasteiger partial charge in [-0.15, -0.1) is 0 Å². The minimum atomic E-state index is -4.22. The number of nitrogens with zero attached hydrogens (tertiary/aromatic N) is 4. The molecule has 11 heteroatoms. The lowest BCUT2D eigenvalue weighted by Crippen LogP contribution is -2.20. The molecule has 2 aromatic heterocycles. The molecule has 0 spiro atoms.